The Kier molecular flexibility index (Phi) is 9.02. The Hall–Kier alpha value is -5.99. The van der Waals surface area contributed by atoms with Crippen LogP contribution in [-0.4, -0.2) is 39.9 Å². The summed E-state index contributed by atoms with van der Waals surface area (Å²) in [5, 5.41) is 0. The summed E-state index contributed by atoms with van der Waals surface area (Å²) in [5.74, 6) is 0. The third-order valence-electron chi connectivity index (χ3n) is 8.63. The molecule has 0 saturated carbocycles. The van der Waals surface area contributed by atoms with E-state index in [0.29, 0.717) is 0 Å². The number of H-pyrrole nitrogens is 2. The molecular formula is C40H27ClMnN8. The SMILES string of the molecule is C1=Cc2nc1c(-c1ccncc1)c1ccc([nH]1)c(-c1ccncc1)c1nc(c(-c3ccncc3)c3ccc([nH]3)c2-c2ccncc2)C=C1.Cl.[Mn]. The number of aromatic amines is 2. The number of pyridine rings is 4. The molecule has 2 N–H and O–H groups in total. The van der Waals surface area contributed by atoms with E-state index < -0.39 is 0 Å². The Morgan fingerprint density at radius 1 is 0.320 bits per heavy atom. The van der Waals surface area contributed by atoms with Crippen LogP contribution in [0.5, 0.6) is 0 Å². The fourth-order valence-corrected chi connectivity index (χ4v) is 6.49. The molecule has 0 unspecified atom stereocenters. The Morgan fingerprint density at radius 3 is 0.760 bits per heavy atom. The molecule has 2 aliphatic heterocycles. The molecule has 0 saturated heterocycles. The van der Waals surface area contributed by atoms with Crippen LogP contribution in [-0.2, 0) is 17.1 Å². The van der Waals surface area contributed by atoms with Crippen molar-refractivity contribution in [2.45, 2.75) is 0 Å². The second-order valence-corrected chi connectivity index (χ2v) is 11.4. The van der Waals surface area contributed by atoms with E-state index in [9.17, 15) is 0 Å². The van der Waals surface area contributed by atoms with Crippen molar-refractivity contribution in [3.63, 3.8) is 0 Å². The summed E-state index contributed by atoms with van der Waals surface area (Å²) in [5.41, 5.74) is 15.0. The van der Waals surface area contributed by atoms with Crippen molar-refractivity contribution in [2.24, 2.45) is 0 Å². The van der Waals surface area contributed by atoms with E-state index in [1.54, 1.807) is 0 Å². The largest absolute Gasteiger partial charge is 0.354 e. The van der Waals surface area contributed by atoms with Gasteiger partial charge in [0.1, 0.15) is 0 Å². The molecule has 7 aromatic rings. The fourth-order valence-electron chi connectivity index (χ4n) is 6.49. The summed E-state index contributed by atoms with van der Waals surface area (Å²) in [6.45, 7) is 0. The van der Waals surface area contributed by atoms with Gasteiger partial charge in [-0.05, 0) is 119 Å². The van der Waals surface area contributed by atoms with Crippen molar-refractivity contribution in [2.75, 3.05) is 0 Å². The van der Waals surface area contributed by atoms with Crippen LogP contribution in [0.15, 0.2) is 122 Å². The van der Waals surface area contributed by atoms with Crippen molar-refractivity contribution in [1.29, 1.82) is 0 Å². The molecule has 9 heterocycles. The monoisotopic (exact) mass is 709 g/mol. The maximum Gasteiger partial charge on any atom is 0.0737 e. The van der Waals surface area contributed by atoms with E-state index in [4.69, 9.17) is 9.97 Å². The van der Waals surface area contributed by atoms with Gasteiger partial charge in [0.05, 0.1) is 22.8 Å². The third kappa shape index (κ3) is 5.84. The normalized spacial score (nSPS) is 11.5. The van der Waals surface area contributed by atoms with Crippen LogP contribution >= 0.6 is 12.4 Å². The van der Waals surface area contributed by atoms with Crippen LogP contribution < -0.4 is 0 Å². The van der Waals surface area contributed by atoms with Gasteiger partial charge < -0.3 is 9.97 Å². The number of hydrogen-bond acceptors (Lipinski definition) is 6. The second-order valence-electron chi connectivity index (χ2n) is 11.4. The van der Waals surface area contributed by atoms with Gasteiger partial charge in [-0.1, -0.05) is 0 Å². The molecule has 10 heteroatoms. The molecule has 241 valence electrons. The average Bonchev–Trinajstić information content (AvgIpc) is 3.98. The quantitative estimate of drug-likeness (QED) is 0.176. The van der Waals surface area contributed by atoms with Crippen molar-refractivity contribution in [3.8, 4) is 44.5 Å². The number of rotatable bonds is 4. The Balaban J connectivity index is 0.00000196. The van der Waals surface area contributed by atoms with E-state index >= 15 is 0 Å². The smallest absolute Gasteiger partial charge is 0.0737 e. The summed E-state index contributed by atoms with van der Waals surface area (Å²) < 4.78 is 0. The zero-order valence-electron chi connectivity index (χ0n) is 26.3. The first-order chi connectivity index (χ1) is 23.8. The third-order valence-corrected chi connectivity index (χ3v) is 8.63. The first-order valence-electron chi connectivity index (χ1n) is 15.6. The molecule has 2 aliphatic rings. The van der Waals surface area contributed by atoms with Crippen LogP contribution in [0.25, 0.3) is 90.9 Å². The fraction of sp³-hybridized carbons (Fsp3) is 0. The zero-order valence-corrected chi connectivity index (χ0v) is 28.3. The maximum absolute atomic E-state index is 5.29. The van der Waals surface area contributed by atoms with Crippen molar-refractivity contribution in [3.05, 3.63) is 145 Å². The molecule has 8 bridgehead atoms. The van der Waals surface area contributed by atoms with E-state index in [1.165, 1.54) is 0 Å². The molecule has 0 atom stereocenters. The standard InChI is InChI=1S/C40H26N8.ClH.Mn/c1-2-30-38(26-11-19-42-20-12-26)32-5-6-34(47-32)40(28-15-23-44-24-16-28)36-8-7-35(48-36)39(27-13-21-43-22-14-27)33-4-3-31(46-33)37(29(1)45-30)25-9-17-41-18-10-25;;/h1-24,45,48H;1H;. The minimum Gasteiger partial charge on any atom is -0.354 e. The molecule has 0 amide bonds. The average molecular weight is 710 g/mol. The van der Waals surface area contributed by atoms with Crippen LogP contribution in [0.3, 0.4) is 0 Å². The Bertz CT molecular complexity index is 2200. The van der Waals surface area contributed by atoms with Gasteiger partial charge in [-0.2, -0.15) is 0 Å². The van der Waals surface area contributed by atoms with Gasteiger partial charge in [-0.25, -0.2) is 9.97 Å². The molecular weight excluding hydrogens is 683 g/mol. The Morgan fingerprint density at radius 2 is 0.540 bits per heavy atom. The minimum absolute atomic E-state index is 0. The Labute approximate surface area is 304 Å². The number of nitrogens with one attached hydrogen (secondary N) is 2. The molecule has 1 radical (unpaired) electrons. The van der Waals surface area contributed by atoms with Gasteiger partial charge in [0.15, 0.2) is 0 Å². The van der Waals surface area contributed by atoms with Gasteiger partial charge in [0.2, 0.25) is 0 Å². The number of nitrogens with zero attached hydrogens (tertiary/aromatic N) is 6. The van der Waals surface area contributed by atoms with Crippen molar-refractivity contribution < 1.29 is 17.1 Å². The van der Waals surface area contributed by atoms with Crippen molar-refractivity contribution >= 4 is 58.8 Å². The van der Waals surface area contributed by atoms with E-state index in [0.717, 1.165) is 89.4 Å². The predicted octanol–water partition coefficient (Wildman–Crippen LogP) is 9.32. The van der Waals surface area contributed by atoms with E-state index in [2.05, 4.69) is 78.5 Å². The van der Waals surface area contributed by atoms with Crippen LogP contribution in [0.2, 0.25) is 0 Å². The maximum atomic E-state index is 5.29. The second kappa shape index (κ2) is 13.9. The van der Waals surface area contributed by atoms with Gasteiger partial charge in [-0.3, -0.25) is 19.9 Å². The zero-order chi connectivity index (χ0) is 31.9. The van der Waals surface area contributed by atoms with Crippen LogP contribution in [0, 0.1) is 0 Å². The van der Waals surface area contributed by atoms with E-state index in [-0.39, 0.29) is 29.5 Å². The molecule has 9 rings (SSSR count). The van der Waals surface area contributed by atoms with Crippen LogP contribution in [0.1, 0.15) is 22.8 Å². The first-order valence-corrected chi connectivity index (χ1v) is 15.6. The van der Waals surface area contributed by atoms with E-state index in [1.807, 2.05) is 98.1 Å². The van der Waals surface area contributed by atoms with Gasteiger partial charge in [-0.15, -0.1) is 12.4 Å². The van der Waals surface area contributed by atoms with Crippen LogP contribution in [0.4, 0.5) is 0 Å². The number of hydrogen-bond donors (Lipinski definition) is 2. The molecule has 0 aromatic carbocycles. The number of fused-ring (bicyclic) bond motifs is 8. The summed E-state index contributed by atoms with van der Waals surface area (Å²) in [7, 11) is 0. The first kappa shape index (κ1) is 32.6. The summed E-state index contributed by atoms with van der Waals surface area (Å²) in [6, 6.07) is 24.6. The molecule has 8 nitrogen and oxygen atoms in total. The van der Waals surface area contributed by atoms with Gasteiger partial charge in [0, 0.05) is 111 Å². The topological polar surface area (TPSA) is 109 Å². The predicted molar refractivity (Wildman–Crippen MR) is 199 cm³/mol. The summed E-state index contributed by atoms with van der Waals surface area (Å²) in [6.07, 6.45) is 22.8. The number of aromatic nitrogens is 8. The van der Waals surface area contributed by atoms with Gasteiger partial charge in [0.25, 0.3) is 0 Å². The molecule has 0 aliphatic carbocycles. The summed E-state index contributed by atoms with van der Waals surface area (Å²) >= 11 is 0. The van der Waals surface area contributed by atoms with Crippen molar-refractivity contribution in [1.82, 2.24) is 39.9 Å². The minimum atomic E-state index is 0. The molecule has 50 heavy (non-hydrogen) atoms. The van der Waals surface area contributed by atoms with Gasteiger partial charge >= 0.3 is 0 Å². The summed E-state index contributed by atoms with van der Waals surface area (Å²) in [4.78, 5) is 35.2. The molecule has 0 spiro atoms. The molecule has 7 aromatic heterocycles. The molecule has 0 fully saturated rings. The number of halogens is 1.